The summed E-state index contributed by atoms with van der Waals surface area (Å²) in [4.78, 5) is 3.70. The lowest BCUT2D eigenvalue weighted by atomic mass is 9.95. The Morgan fingerprint density at radius 3 is 2.62 bits per heavy atom. The van der Waals surface area contributed by atoms with Gasteiger partial charge in [0.1, 0.15) is 12.6 Å². The first-order chi connectivity index (χ1) is 11.4. The molecule has 1 aromatic carbocycles. The van der Waals surface area contributed by atoms with Crippen molar-refractivity contribution in [3.05, 3.63) is 30.1 Å². The first-order valence-electron chi connectivity index (χ1n) is 8.49. The molecule has 1 unspecified atom stereocenters. The first-order valence-corrected chi connectivity index (χ1v) is 8.49. The molecule has 1 fully saturated rings. The molecule has 132 valence electrons. The molecule has 1 heterocycles. The molecule has 0 amide bonds. The van der Waals surface area contributed by atoms with Crippen molar-refractivity contribution in [3.8, 4) is 0 Å². The van der Waals surface area contributed by atoms with E-state index in [1.807, 2.05) is 0 Å². The van der Waals surface area contributed by atoms with Gasteiger partial charge in [-0.3, -0.25) is 0 Å². The van der Waals surface area contributed by atoms with Gasteiger partial charge in [-0.25, -0.2) is 4.98 Å². The number of para-hydroxylation sites is 2. The summed E-state index contributed by atoms with van der Waals surface area (Å²) in [5, 5.41) is 12.3. The van der Waals surface area contributed by atoms with Gasteiger partial charge in [0.15, 0.2) is 0 Å². The summed E-state index contributed by atoms with van der Waals surface area (Å²) in [6.45, 7) is 0.313. The third-order valence-electron chi connectivity index (χ3n) is 4.69. The third kappa shape index (κ3) is 3.89. The minimum absolute atomic E-state index is 0.0986. The average Bonchev–Trinajstić information content (AvgIpc) is 2.93. The van der Waals surface area contributed by atoms with Crippen LogP contribution < -0.4 is 5.32 Å². The highest BCUT2D eigenvalue weighted by atomic mass is 19.4. The van der Waals surface area contributed by atoms with Gasteiger partial charge in [-0.2, -0.15) is 13.2 Å². The fourth-order valence-corrected chi connectivity index (χ4v) is 3.48. The number of nitrogens with zero attached hydrogens (tertiary/aromatic N) is 2. The number of nitrogens with two attached hydrogens (primary N) is 1. The summed E-state index contributed by atoms with van der Waals surface area (Å²) in [7, 11) is 0. The highest BCUT2D eigenvalue weighted by Crippen LogP contribution is 2.31. The molecule has 3 rings (SSSR count). The number of hydrogen-bond donors (Lipinski definition) is 2. The second-order valence-electron chi connectivity index (χ2n) is 6.56. The van der Waals surface area contributed by atoms with Gasteiger partial charge < -0.3 is 15.0 Å². The maximum absolute atomic E-state index is 13.2. The minimum Gasteiger partial charge on any atom is -0.385 e. The van der Waals surface area contributed by atoms with Gasteiger partial charge in [-0.1, -0.05) is 18.6 Å². The van der Waals surface area contributed by atoms with Crippen LogP contribution >= 0.6 is 0 Å². The van der Waals surface area contributed by atoms with Crippen molar-refractivity contribution >= 4 is 11.0 Å². The predicted octanol–water partition coefficient (Wildman–Crippen LogP) is 2.31. The first kappa shape index (κ1) is 17.2. The summed E-state index contributed by atoms with van der Waals surface area (Å²) in [6.07, 6.45) is 0.506. The van der Waals surface area contributed by atoms with Crippen molar-refractivity contribution in [3.63, 3.8) is 0 Å². The number of aromatic nitrogens is 2. The summed E-state index contributed by atoms with van der Waals surface area (Å²) >= 11 is 0. The zero-order valence-corrected chi connectivity index (χ0v) is 13.5. The number of rotatable bonds is 5. The maximum atomic E-state index is 13.2. The van der Waals surface area contributed by atoms with Crippen LogP contribution in [0.15, 0.2) is 24.3 Å². The van der Waals surface area contributed by atoms with Gasteiger partial charge in [-0.15, -0.1) is 0 Å². The molecule has 0 bridgehead atoms. The SMILES string of the molecule is OC(C[NH2+]C1CCCCC1)Cn1c(C(F)(F)F)nc2ccccc21. The van der Waals surface area contributed by atoms with Crippen LogP contribution in [0.5, 0.6) is 0 Å². The van der Waals surface area contributed by atoms with E-state index in [1.165, 1.54) is 19.3 Å². The molecule has 0 aliphatic heterocycles. The molecule has 1 aromatic heterocycles. The topological polar surface area (TPSA) is 54.7 Å². The van der Waals surface area contributed by atoms with Gasteiger partial charge in [-0.05, 0) is 37.8 Å². The van der Waals surface area contributed by atoms with Crippen LogP contribution in [0.2, 0.25) is 0 Å². The van der Waals surface area contributed by atoms with Crippen LogP contribution in [-0.2, 0) is 12.7 Å². The summed E-state index contributed by atoms with van der Waals surface area (Å²) in [6, 6.07) is 6.99. The molecule has 1 atom stereocenters. The van der Waals surface area contributed by atoms with Crippen molar-refractivity contribution in [1.82, 2.24) is 9.55 Å². The Balaban J connectivity index is 1.73. The number of hydrogen-bond acceptors (Lipinski definition) is 2. The van der Waals surface area contributed by atoms with Crippen LogP contribution in [0.25, 0.3) is 11.0 Å². The third-order valence-corrected chi connectivity index (χ3v) is 4.69. The molecule has 3 N–H and O–H groups in total. The van der Waals surface area contributed by atoms with E-state index in [2.05, 4.69) is 10.3 Å². The van der Waals surface area contributed by atoms with E-state index in [0.717, 1.165) is 17.4 Å². The number of halogens is 3. The Hall–Kier alpha value is -1.60. The molecule has 1 saturated carbocycles. The minimum atomic E-state index is -4.54. The fourth-order valence-electron chi connectivity index (χ4n) is 3.48. The van der Waals surface area contributed by atoms with Crippen molar-refractivity contribution in [2.45, 2.75) is 57.0 Å². The van der Waals surface area contributed by atoms with E-state index >= 15 is 0 Å². The second kappa shape index (κ2) is 7.11. The standard InChI is InChI=1S/C17H22F3N3O/c18-17(19,20)16-22-14-8-4-5-9-15(14)23(16)11-13(24)10-21-12-6-2-1-3-7-12/h4-5,8-9,12-13,21,24H,1-3,6-7,10-11H2/p+1. The number of alkyl halides is 3. The smallest absolute Gasteiger partial charge is 0.385 e. The van der Waals surface area contributed by atoms with E-state index in [9.17, 15) is 18.3 Å². The van der Waals surface area contributed by atoms with Crippen LogP contribution in [-0.4, -0.2) is 33.3 Å². The maximum Gasteiger partial charge on any atom is 0.449 e. The zero-order valence-electron chi connectivity index (χ0n) is 13.5. The largest absolute Gasteiger partial charge is 0.449 e. The Kier molecular flexibility index (Phi) is 5.10. The Morgan fingerprint density at radius 2 is 1.92 bits per heavy atom. The Morgan fingerprint density at radius 1 is 1.21 bits per heavy atom. The van der Waals surface area contributed by atoms with E-state index in [1.54, 1.807) is 24.3 Å². The highest BCUT2D eigenvalue weighted by Gasteiger charge is 2.38. The molecule has 0 saturated heterocycles. The van der Waals surface area contributed by atoms with Crippen LogP contribution in [0.4, 0.5) is 13.2 Å². The van der Waals surface area contributed by atoms with Crippen LogP contribution in [0, 0.1) is 0 Å². The second-order valence-corrected chi connectivity index (χ2v) is 6.56. The normalized spacial score (nSPS) is 18.2. The molecule has 7 heteroatoms. The van der Waals surface area contributed by atoms with E-state index in [0.29, 0.717) is 23.6 Å². The van der Waals surface area contributed by atoms with Crippen molar-refractivity contribution in [2.75, 3.05) is 6.54 Å². The molecule has 24 heavy (non-hydrogen) atoms. The zero-order chi connectivity index (χ0) is 17.2. The molecule has 1 aliphatic rings. The van der Waals surface area contributed by atoms with Gasteiger partial charge in [0, 0.05) is 0 Å². The summed E-state index contributed by atoms with van der Waals surface area (Å²) in [5.74, 6) is -0.944. The molecule has 0 spiro atoms. The number of quaternary nitrogens is 1. The van der Waals surface area contributed by atoms with Gasteiger partial charge in [0.05, 0.1) is 23.6 Å². The van der Waals surface area contributed by atoms with E-state index in [-0.39, 0.29) is 6.54 Å². The van der Waals surface area contributed by atoms with Crippen LogP contribution in [0.3, 0.4) is 0 Å². The van der Waals surface area contributed by atoms with E-state index in [4.69, 9.17) is 0 Å². The fraction of sp³-hybridized carbons (Fsp3) is 0.588. The average molecular weight is 342 g/mol. The molecular formula is C17H23F3N3O+. The number of imidazole rings is 1. The molecular weight excluding hydrogens is 319 g/mol. The van der Waals surface area contributed by atoms with Gasteiger partial charge >= 0.3 is 6.18 Å². The molecule has 2 aromatic rings. The van der Waals surface area contributed by atoms with Crippen molar-refractivity contribution < 1.29 is 23.6 Å². The number of fused-ring (bicyclic) bond motifs is 1. The predicted molar refractivity (Wildman–Crippen MR) is 84.4 cm³/mol. The Labute approximate surface area is 138 Å². The highest BCUT2D eigenvalue weighted by molar-refractivity contribution is 5.76. The summed E-state index contributed by atoms with van der Waals surface area (Å²) in [5.41, 5.74) is 0.704. The molecule has 1 aliphatic carbocycles. The van der Waals surface area contributed by atoms with Gasteiger partial charge in [0.25, 0.3) is 0 Å². The summed E-state index contributed by atoms with van der Waals surface area (Å²) < 4.78 is 40.8. The molecule has 4 nitrogen and oxygen atoms in total. The monoisotopic (exact) mass is 342 g/mol. The number of benzene rings is 1. The Bertz CT molecular complexity index is 677. The van der Waals surface area contributed by atoms with Crippen molar-refractivity contribution in [2.24, 2.45) is 0 Å². The van der Waals surface area contributed by atoms with Gasteiger partial charge in [0.2, 0.25) is 5.82 Å². The van der Waals surface area contributed by atoms with E-state index < -0.39 is 18.1 Å². The lowest BCUT2D eigenvalue weighted by Gasteiger charge is -2.22. The lowest BCUT2D eigenvalue weighted by molar-refractivity contribution is -0.697. The lowest BCUT2D eigenvalue weighted by Crippen LogP contribution is -2.92. The van der Waals surface area contributed by atoms with Crippen molar-refractivity contribution in [1.29, 1.82) is 0 Å². The van der Waals surface area contributed by atoms with Crippen LogP contribution in [0.1, 0.15) is 37.9 Å². The molecule has 0 radical (unpaired) electrons. The number of aliphatic hydroxyl groups is 1. The quantitative estimate of drug-likeness (QED) is 0.876. The number of aliphatic hydroxyl groups excluding tert-OH is 1.